The van der Waals surface area contributed by atoms with Crippen LogP contribution in [0.15, 0.2) is 24.3 Å². The van der Waals surface area contributed by atoms with Crippen LogP contribution in [0.3, 0.4) is 0 Å². The summed E-state index contributed by atoms with van der Waals surface area (Å²) in [6.07, 6.45) is 3.67. The van der Waals surface area contributed by atoms with Gasteiger partial charge in [-0.1, -0.05) is 25.0 Å². The number of carbonyl (C=O) groups is 1. The van der Waals surface area contributed by atoms with E-state index in [-0.39, 0.29) is 5.91 Å². The second kappa shape index (κ2) is 6.37. The van der Waals surface area contributed by atoms with Gasteiger partial charge in [-0.2, -0.15) is 0 Å². The van der Waals surface area contributed by atoms with E-state index in [1.807, 2.05) is 38.4 Å². The van der Waals surface area contributed by atoms with E-state index in [1.54, 1.807) is 0 Å². The van der Waals surface area contributed by atoms with E-state index >= 15 is 0 Å². The molecular weight excluding hydrogens is 252 g/mol. The number of amides is 1. The van der Waals surface area contributed by atoms with Crippen molar-refractivity contribution in [3.63, 3.8) is 0 Å². The van der Waals surface area contributed by atoms with Crippen LogP contribution >= 0.6 is 0 Å². The van der Waals surface area contributed by atoms with E-state index in [0.29, 0.717) is 12.1 Å². The molecule has 0 aromatic heterocycles. The molecule has 0 radical (unpaired) electrons. The Morgan fingerprint density at radius 3 is 2.40 bits per heavy atom. The maximum absolute atomic E-state index is 12.0. The highest BCUT2D eigenvalue weighted by molar-refractivity contribution is 5.94. The molecular formula is C16H24N2O2. The van der Waals surface area contributed by atoms with Crippen LogP contribution in [0.2, 0.25) is 0 Å². The molecule has 4 nitrogen and oxygen atoms in total. The lowest BCUT2D eigenvalue weighted by molar-refractivity contribution is 0.0449. The first-order valence-electron chi connectivity index (χ1n) is 7.23. The summed E-state index contributed by atoms with van der Waals surface area (Å²) in [6, 6.07) is 7.62. The first-order chi connectivity index (χ1) is 9.48. The van der Waals surface area contributed by atoms with Gasteiger partial charge in [0.1, 0.15) is 0 Å². The van der Waals surface area contributed by atoms with Crippen molar-refractivity contribution in [2.45, 2.75) is 37.8 Å². The Balaban J connectivity index is 1.89. The monoisotopic (exact) mass is 276 g/mol. The minimum atomic E-state index is -0.694. The van der Waals surface area contributed by atoms with E-state index < -0.39 is 5.60 Å². The molecule has 1 aromatic rings. The lowest BCUT2D eigenvalue weighted by Gasteiger charge is -2.22. The first-order valence-corrected chi connectivity index (χ1v) is 7.23. The molecule has 110 valence electrons. The average molecular weight is 276 g/mol. The third-order valence-electron chi connectivity index (χ3n) is 3.83. The number of hydrogen-bond acceptors (Lipinski definition) is 3. The Bertz CT molecular complexity index is 448. The number of carbonyl (C=O) groups excluding carboxylic acids is 1. The topological polar surface area (TPSA) is 52.6 Å². The van der Waals surface area contributed by atoms with Gasteiger partial charge in [-0.25, -0.2) is 0 Å². The summed E-state index contributed by atoms with van der Waals surface area (Å²) in [4.78, 5) is 14.1. The van der Waals surface area contributed by atoms with E-state index in [9.17, 15) is 9.90 Å². The summed E-state index contributed by atoms with van der Waals surface area (Å²) in [5.74, 6) is -0.110. The molecule has 4 heteroatoms. The van der Waals surface area contributed by atoms with Crippen LogP contribution in [-0.4, -0.2) is 42.2 Å². The fourth-order valence-electron chi connectivity index (χ4n) is 2.68. The molecule has 0 aliphatic heterocycles. The number of aliphatic hydroxyl groups is 1. The molecule has 0 saturated heterocycles. The predicted octanol–water partition coefficient (Wildman–Crippen LogP) is 1.78. The molecule has 0 bridgehead atoms. The third kappa shape index (κ3) is 4.05. The highest BCUT2D eigenvalue weighted by Gasteiger charge is 2.31. The van der Waals surface area contributed by atoms with Crippen molar-refractivity contribution in [3.05, 3.63) is 35.4 Å². The predicted molar refractivity (Wildman–Crippen MR) is 79.6 cm³/mol. The zero-order valence-electron chi connectivity index (χ0n) is 12.4. The molecule has 1 aliphatic carbocycles. The van der Waals surface area contributed by atoms with Gasteiger partial charge in [-0.15, -0.1) is 0 Å². The Morgan fingerprint density at radius 1 is 1.25 bits per heavy atom. The average Bonchev–Trinajstić information content (AvgIpc) is 2.84. The highest BCUT2D eigenvalue weighted by atomic mass is 16.3. The standard InChI is InChI=1S/C16H24N2O2/c1-18(2)11-13-5-7-14(8-6-13)15(19)17-12-16(20)9-3-4-10-16/h5-8,20H,3-4,9-12H2,1-2H3,(H,17,19). The maximum atomic E-state index is 12.0. The van der Waals surface area contributed by atoms with E-state index in [2.05, 4.69) is 10.2 Å². The van der Waals surface area contributed by atoms with Crippen LogP contribution in [0, 0.1) is 0 Å². The zero-order chi connectivity index (χ0) is 14.6. The highest BCUT2D eigenvalue weighted by Crippen LogP contribution is 2.28. The molecule has 1 aromatic carbocycles. The second-order valence-corrected chi connectivity index (χ2v) is 6.05. The molecule has 0 heterocycles. The van der Waals surface area contributed by atoms with Crippen molar-refractivity contribution in [1.82, 2.24) is 10.2 Å². The Morgan fingerprint density at radius 2 is 1.85 bits per heavy atom. The van der Waals surface area contributed by atoms with Crippen LogP contribution in [0.5, 0.6) is 0 Å². The normalized spacial score (nSPS) is 17.4. The van der Waals surface area contributed by atoms with Gasteiger partial charge in [-0.05, 0) is 44.6 Å². The SMILES string of the molecule is CN(C)Cc1ccc(C(=O)NCC2(O)CCCC2)cc1. The van der Waals surface area contributed by atoms with Crippen LogP contribution in [-0.2, 0) is 6.54 Å². The lowest BCUT2D eigenvalue weighted by Crippen LogP contribution is -2.40. The molecule has 1 amide bonds. The summed E-state index contributed by atoms with van der Waals surface area (Å²) in [5, 5.41) is 13.1. The third-order valence-corrected chi connectivity index (χ3v) is 3.83. The van der Waals surface area contributed by atoms with Crippen molar-refractivity contribution in [3.8, 4) is 0 Å². The van der Waals surface area contributed by atoms with Gasteiger partial charge in [0.25, 0.3) is 5.91 Å². The molecule has 0 atom stereocenters. The fraction of sp³-hybridized carbons (Fsp3) is 0.562. The van der Waals surface area contributed by atoms with Gasteiger partial charge in [0.2, 0.25) is 0 Å². The number of nitrogens with zero attached hydrogens (tertiary/aromatic N) is 1. The molecule has 1 aliphatic rings. The van der Waals surface area contributed by atoms with Crippen LogP contribution < -0.4 is 5.32 Å². The van der Waals surface area contributed by atoms with Crippen LogP contribution in [0.1, 0.15) is 41.6 Å². The molecule has 1 fully saturated rings. The zero-order valence-corrected chi connectivity index (χ0v) is 12.4. The van der Waals surface area contributed by atoms with Gasteiger partial charge >= 0.3 is 0 Å². The maximum Gasteiger partial charge on any atom is 0.251 e. The molecule has 0 spiro atoms. The van der Waals surface area contributed by atoms with Gasteiger partial charge < -0.3 is 15.3 Å². The van der Waals surface area contributed by atoms with Crippen molar-refractivity contribution >= 4 is 5.91 Å². The summed E-state index contributed by atoms with van der Waals surface area (Å²) in [6.45, 7) is 1.22. The molecule has 20 heavy (non-hydrogen) atoms. The molecule has 2 N–H and O–H groups in total. The van der Waals surface area contributed by atoms with Crippen LogP contribution in [0.25, 0.3) is 0 Å². The second-order valence-electron chi connectivity index (χ2n) is 6.05. The Hall–Kier alpha value is -1.39. The van der Waals surface area contributed by atoms with Crippen molar-refractivity contribution in [1.29, 1.82) is 0 Å². The van der Waals surface area contributed by atoms with Crippen molar-refractivity contribution in [2.75, 3.05) is 20.6 Å². The number of hydrogen-bond donors (Lipinski definition) is 2. The minimum Gasteiger partial charge on any atom is -0.388 e. The molecule has 2 rings (SSSR count). The van der Waals surface area contributed by atoms with Gasteiger partial charge in [0.15, 0.2) is 0 Å². The van der Waals surface area contributed by atoms with Gasteiger partial charge in [0.05, 0.1) is 5.60 Å². The van der Waals surface area contributed by atoms with Gasteiger partial charge in [-0.3, -0.25) is 4.79 Å². The number of rotatable bonds is 5. The minimum absolute atomic E-state index is 0.110. The molecule has 0 unspecified atom stereocenters. The van der Waals surface area contributed by atoms with Gasteiger partial charge in [0, 0.05) is 18.7 Å². The smallest absolute Gasteiger partial charge is 0.251 e. The first kappa shape index (κ1) is 15.0. The Kier molecular flexibility index (Phi) is 4.78. The summed E-state index contributed by atoms with van der Waals surface area (Å²) >= 11 is 0. The largest absolute Gasteiger partial charge is 0.388 e. The van der Waals surface area contributed by atoms with Crippen molar-refractivity contribution in [2.24, 2.45) is 0 Å². The summed E-state index contributed by atoms with van der Waals surface area (Å²) < 4.78 is 0. The Labute approximate surface area is 120 Å². The summed E-state index contributed by atoms with van der Waals surface area (Å²) in [5.41, 5.74) is 1.13. The van der Waals surface area contributed by atoms with Crippen LogP contribution in [0.4, 0.5) is 0 Å². The fourth-order valence-corrected chi connectivity index (χ4v) is 2.68. The quantitative estimate of drug-likeness (QED) is 0.862. The van der Waals surface area contributed by atoms with Crippen molar-refractivity contribution < 1.29 is 9.90 Å². The molecule has 1 saturated carbocycles. The number of nitrogens with one attached hydrogen (secondary N) is 1. The summed E-state index contributed by atoms with van der Waals surface area (Å²) in [7, 11) is 4.03. The van der Waals surface area contributed by atoms with E-state index in [4.69, 9.17) is 0 Å². The lowest BCUT2D eigenvalue weighted by atomic mass is 10.0. The number of benzene rings is 1. The van der Waals surface area contributed by atoms with E-state index in [0.717, 1.165) is 32.2 Å². The van der Waals surface area contributed by atoms with E-state index in [1.165, 1.54) is 5.56 Å².